The number of anilines is 1. The van der Waals surface area contributed by atoms with Crippen molar-refractivity contribution in [2.24, 2.45) is 11.8 Å². The molecule has 0 aromatic heterocycles. The van der Waals surface area contributed by atoms with Crippen LogP contribution < -0.4 is 10.2 Å². The number of nitrogens with one attached hydrogen (secondary N) is 1. The molecule has 0 radical (unpaired) electrons. The van der Waals surface area contributed by atoms with Crippen LogP contribution in [0.1, 0.15) is 101 Å². The fraction of sp³-hybridized carbons (Fsp3) is 0.759. The SMILES string of the molecule is CCCCCCC1CCCN(CC2CCCCC2NC(=O)c2ccc(N3CCCC3)cc2)C1. The van der Waals surface area contributed by atoms with Crippen molar-refractivity contribution in [3.8, 4) is 0 Å². The molecule has 4 heteroatoms. The van der Waals surface area contributed by atoms with Crippen molar-refractivity contribution < 1.29 is 4.79 Å². The van der Waals surface area contributed by atoms with Gasteiger partial charge in [-0.2, -0.15) is 0 Å². The summed E-state index contributed by atoms with van der Waals surface area (Å²) >= 11 is 0. The number of unbranched alkanes of at least 4 members (excludes halogenated alkanes) is 3. The van der Waals surface area contributed by atoms with Gasteiger partial charge < -0.3 is 15.1 Å². The van der Waals surface area contributed by atoms with Gasteiger partial charge in [-0.25, -0.2) is 0 Å². The van der Waals surface area contributed by atoms with Gasteiger partial charge in [0.15, 0.2) is 0 Å². The van der Waals surface area contributed by atoms with Gasteiger partial charge in [-0.3, -0.25) is 4.79 Å². The quantitative estimate of drug-likeness (QED) is 0.425. The molecular weight excluding hydrogens is 406 g/mol. The highest BCUT2D eigenvalue weighted by Gasteiger charge is 2.30. The summed E-state index contributed by atoms with van der Waals surface area (Å²) in [5.41, 5.74) is 2.07. The van der Waals surface area contributed by atoms with E-state index in [0.29, 0.717) is 12.0 Å². The first-order chi connectivity index (χ1) is 16.2. The van der Waals surface area contributed by atoms with Crippen molar-refractivity contribution >= 4 is 11.6 Å². The Morgan fingerprint density at radius 3 is 2.48 bits per heavy atom. The van der Waals surface area contributed by atoms with Crippen LogP contribution in [-0.2, 0) is 0 Å². The van der Waals surface area contributed by atoms with E-state index in [2.05, 4.69) is 34.2 Å². The number of rotatable bonds is 10. The largest absolute Gasteiger partial charge is 0.372 e. The van der Waals surface area contributed by atoms with Crippen LogP contribution in [0.3, 0.4) is 0 Å². The van der Waals surface area contributed by atoms with Crippen LogP contribution in [0.4, 0.5) is 5.69 Å². The van der Waals surface area contributed by atoms with Crippen molar-refractivity contribution in [2.75, 3.05) is 37.6 Å². The average Bonchev–Trinajstić information content (AvgIpc) is 3.39. The molecule has 184 valence electrons. The Bertz CT molecular complexity index is 712. The van der Waals surface area contributed by atoms with Crippen LogP contribution in [0.5, 0.6) is 0 Å². The first-order valence-electron chi connectivity index (χ1n) is 14.1. The zero-order valence-corrected chi connectivity index (χ0v) is 21.1. The lowest BCUT2D eigenvalue weighted by Gasteiger charge is -2.39. The molecule has 1 N–H and O–H groups in total. The van der Waals surface area contributed by atoms with Gasteiger partial charge in [0.25, 0.3) is 5.91 Å². The molecule has 4 nitrogen and oxygen atoms in total. The molecule has 1 aromatic rings. The van der Waals surface area contributed by atoms with E-state index in [1.54, 1.807) is 0 Å². The molecule has 3 unspecified atom stereocenters. The second-order valence-electron chi connectivity index (χ2n) is 11.0. The Hall–Kier alpha value is -1.55. The number of hydrogen-bond donors (Lipinski definition) is 1. The summed E-state index contributed by atoms with van der Waals surface area (Å²) < 4.78 is 0. The summed E-state index contributed by atoms with van der Waals surface area (Å²) in [7, 11) is 0. The lowest BCUT2D eigenvalue weighted by atomic mass is 9.83. The number of amides is 1. The molecule has 0 spiro atoms. The van der Waals surface area contributed by atoms with E-state index in [4.69, 9.17) is 0 Å². The third-order valence-corrected chi connectivity index (χ3v) is 8.39. The maximum atomic E-state index is 13.1. The Morgan fingerprint density at radius 1 is 0.909 bits per heavy atom. The second-order valence-corrected chi connectivity index (χ2v) is 11.0. The Morgan fingerprint density at radius 2 is 1.70 bits per heavy atom. The number of piperidine rings is 1. The zero-order chi connectivity index (χ0) is 22.9. The zero-order valence-electron chi connectivity index (χ0n) is 21.1. The normalized spacial score (nSPS) is 26.5. The van der Waals surface area contributed by atoms with Gasteiger partial charge in [0.2, 0.25) is 0 Å². The third-order valence-electron chi connectivity index (χ3n) is 8.39. The smallest absolute Gasteiger partial charge is 0.251 e. The summed E-state index contributed by atoms with van der Waals surface area (Å²) in [5, 5.41) is 3.44. The topological polar surface area (TPSA) is 35.6 Å². The molecule has 1 aliphatic carbocycles. The first kappa shape index (κ1) is 24.6. The second kappa shape index (κ2) is 12.8. The van der Waals surface area contributed by atoms with Crippen molar-refractivity contribution in [3.05, 3.63) is 29.8 Å². The molecule has 4 rings (SSSR count). The van der Waals surface area contributed by atoms with Crippen molar-refractivity contribution in [1.29, 1.82) is 0 Å². The predicted molar refractivity (Wildman–Crippen MR) is 139 cm³/mol. The number of hydrogen-bond acceptors (Lipinski definition) is 3. The Balaban J connectivity index is 1.27. The van der Waals surface area contributed by atoms with Crippen LogP contribution in [0.2, 0.25) is 0 Å². The van der Waals surface area contributed by atoms with Gasteiger partial charge in [0, 0.05) is 43.5 Å². The molecule has 1 saturated carbocycles. The van der Waals surface area contributed by atoms with E-state index < -0.39 is 0 Å². The summed E-state index contributed by atoms with van der Waals surface area (Å²) in [5.74, 6) is 1.61. The standard InChI is InChI=1S/C29H47N3O/c1-2-3-4-5-11-24-12-10-19-31(22-24)23-26-13-6-7-14-28(26)30-29(33)25-15-17-27(18-16-25)32-20-8-9-21-32/h15-18,24,26,28H,2-14,19-23H2,1H3,(H,30,33). The van der Waals surface area contributed by atoms with Gasteiger partial charge in [0.05, 0.1) is 0 Å². The van der Waals surface area contributed by atoms with Gasteiger partial charge in [0.1, 0.15) is 0 Å². The third kappa shape index (κ3) is 7.21. The van der Waals surface area contributed by atoms with Crippen LogP contribution in [0.25, 0.3) is 0 Å². The monoisotopic (exact) mass is 453 g/mol. The molecule has 1 amide bonds. The minimum Gasteiger partial charge on any atom is -0.372 e. The summed E-state index contributed by atoms with van der Waals surface area (Å²) in [6.45, 7) is 8.29. The van der Waals surface area contributed by atoms with Gasteiger partial charge in [-0.15, -0.1) is 0 Å². The maximum Gasteiger partial charge on any atom is 0.251 e. The molecule has 3 fully saturated rings. The van der Waals surface area contributed by atoms with E-state index in [-0.39, 0.29) is 5.91 Å². The minimum atomic E-state index is 0.118. The van der Waals surface area contributed by atoms with Gasteiger partial charge >= 0.3 is 0 Å². The van der Waals surface area contributed by atoms with Gasteiger partial charge in [-0.1, -0.05) is 45.4 Å². The molecule has 3 aliphatic rings. The number of carbonyl (C=O) groups excluding carboxylic acids is 1. The van der Waals surface area contributed by atoms with E-state index in [9.17, 15) is 4.79 Å². The average molecular weight is 454 g/mol. The van der Waals surface area contributed by atoms with Crippen molar-refractivity contribution in [2.45, 2.75) is 96.4 Å². The lowest BCUT2D eigenvalue weighted by molar-refractivity contribution is 0.0853. The summed E-state index contributed by atoms with van der Waals surface area (Å²) in [6, 6.07) is 8.64. The van der Waals surface area contributed by atoms with E-state index >= 15 is 0 Å². The molecule has 33 heavy (non-hydrogen) atoms. The number of carbonyl (C=O) groups is 1. The highest BCUT2D eigenvalue weighted by Crippen LogP contribution is 2.29. The molecule has 0 bridgehead atoms. The van der Waals surface area contributed by atoms with Crippen LogP contribution >= 0.6 is 0 Å². The minimum absolute atomic E-state index is 0.118. The Labute approximate surface area is 202 Å². The van der Waals surface area contributed by atoms with Crippen LogP contribution in [0.15, 0.2) is 24.3 Å². The highest BCUT2D eigenvalue weighted by molar-refractivity contribution is 5.94. The highest BCUT2D eigenvalue weighted by atomic mass is 16.1. The van der Waals surface area contributed by atoms with Crippen LogP contribution in [-0.4, -0.2) is 49.6 Å². The molecule has 2 aliphatic heterocycles. The van der Waals surface area contributed by atoms with E-state index in [0.717, 1.165) is 31.0 Å². The number of likely N-dealkylation sites (tertiary alicyclic amines) is 1. The summed E-state index contributed by atoms with van der Waals surface area (Å²) in [6.07, 6.45) is 17.2. The van der Waals surface area contributed by atoms with E-state index in [1.165, 1.54) is 102 Å². The molecule has 2 saturated heterocycles. The fourth-order valence-electron chi connectivity index (χ4n) is 6.41. The number of nitrogens with zero attached hydrogens (tertiary/aromatic N) is 2. The molecule has 2 heterocycles. The van der Waals surface area contributed by atoms with Gasteiger partial charge in [-0.05, 0) is 87.6 Å². The van der Waals surface area contributed by atoms with Crippen molar-refractivity contribution in [1.82, 2.24) is 10.2 Å². The number of benzene rings is 1. The first-order valence-corrected chi connectivity index (χ1v) is 14.1. The molecular formula is C29H47N3O. The van der Waals surface area contributed by atoms with Crippen LogP contribution in [0, 0.1) is 11.8 Å². The lowest BCUT2D eigenvalue weighted by Crippen LogP contribution is -2.48. The molecule has 3 atom stereocenters. The Kier molecular flexibility index (Phi) is 9.52. The van der Waals surface area contributed by atoms with E-state index in [1.807, 2.05) is 12.1 Å². The van der Waals surface area contributed by atoms with Crippen molar-refractivity contribution in [3.63, 3.8) is 0 Å². The fourth-order valence-corrected chi connectivity index (χ4v) is 6.41. The predicted octanol–water partition coefficient (Wildman–Crippen LogP) is 6.26. The maximum absolute atomic E-state index is 13.1. The summed E-state index contributed by atoms with van der Waals surface area (Å²) in [4.78, 5) is 18.2. The molecule has 1 aromatic carbocycles.